The Hall–Kier alpha value is -3.35. The number of β-lactam (4-membered cyclic amide) rings is 1. The molecule has 3 aromatic carbocycles. The van der Waals surface area contributed by atoms with Gasteiger partial charge >= 0.3 is 5.97 Å². The molecule has 5 rings (SSSR count). The van der Waals surface area contributed by atoms with Crippen molar-refractivity contribution in [3.8, 4) is 0 Å². The fraction of sp³-hybridized carbons (Fsp3) is 0.207. The van der Waals surface area contributed by atoms with Crippen LogP contribution in [0.1, 0.15) is 22.8 Å². The van der Waals surface area contributed by atoms with E-state index in [1.54, 1.807) is 0 Å². The minimum Gasteiger partial charge on any atom is -0.451 e. The number of amides is 1. The highest BCUT2D eigenvalue weighted by Gasteiger charge is 2.57. The molecule has 1 saturated heterocycles. The number of alkyl halides is 1. The molecule has 0 N–H and O–H groups in total. The van der Waals surface area contributed by atoms with Crippen LogP contribution in [0.15, 0.2) is 108 Å². The second kappa shape index (κ2) is 10.7. The van der Waals surface area contributed by atoms with Gasteiger partial charge in [-0.05, 0) is 22.3 Å². The fourth-order valence-electron chi connectivity index (χ4n) is 4.48. The van der Waals surface area contributed by atoms with Gasteiger partial charge in [-0.3, -0.25) is 9.79 Å². The third kappa shape index (κ3) is 4.84. The first kappa shape index (κ1) is 24.3. The van der Waals surface area contributed by atoms with Crippen LogP contribution in [0.3, 0.4) is 0 Å². The maximum atomic E-state index is 13.7. The highest BCUT2D eigenvalue weighted by atomic mass is 35.5. The number of aliphatic imine (C=N–C) groups is 1. The van der Waals surface area contributed by atoms with Crippen molar-refractivity contribution in [1.82, 2.24) is 4.90 Å². The molecule has 3 aromatic rings. The van der Waals surface area contributed by atoms with E-state index in [-0.39, 0.29) is 17.2 Å². The molecule has 0 saturated carbocycles. The maximum Gasteiger partial charge on any atom is 0.334 e. The van der Waals surface area contributed by atoms with Gasteiger partial charge in [0.25, 0.3) is 5.91 Å². The summed E-state index contributed by atoms with van der Waals surface area (Å²) in [6.45, 7) is 4.01. The van der Waals surface area contributed by atoms with Crippen LogP contribution >= 0.6 is 23.4 Å². The predicted molar refractivity (Wildman–Crippen MR) is 144 cm³/mol. The number of fused-ring (bicyclic) bond motifs is 1. The molecule has 0 radical (unpaired) electrons. The number of rotatable bonds is 9. The van der Waals surface area contributed by atoms with Gasteiger partial charge in [-0.25, -0.2) is 4.79 Å². The van der Waals surface area contributed by atoms with E-state index in [4.69, 9.17) is 16.3 Å². The minimum atomic E-state index is -0.982. The zero-order valence-electron chi connectivity index (χ0n) is 19.5. The van der Waals surface area contributed by atoms with E-state index in [1.807, 2.05) is 91.0 Å². The van der Waals surface area contributed by atoms with Gasteiger partial charge in [-0.15, -0.1) is 11.6 Å². The number of nitrogens with zero attached hydrogens (tertiary/aromatic N) is 2. The molecule has 1 amide bonds. The SMILES string of the molecule is C=C(CCl)C(C(=O)OC(c1ccccc1)c1ccccc1)N1C(=O)C2N=C(Cc3ccccc3)SC21. The van der Waals surface area contributed by atoms with E-state index in [9.17, 15) is 9.59 Å². The van der Waals surface area contributed by atoms with Gasteiger partial charge < -0.3 is 9.64 Å². The number of halogens is 1. The van der Waals surface area contributed by atoms with Gasteiger partial charge in [0.15, 0.2) is 18.2 Å². The third-order valence-corrected chi connectivity index (χ3v) is 7.88. The monoisotopic (exact) mass is 516 g/mol. The molecule has 182 valence electrons. The first-order chi connectivity index (χ1) is 17.6. The lowest BCUT2D eigenvalue weighted by Crippen LogP contribution is -2.66. The lowest BCUT2D eigenvalue weighted by molar-refractivity contribution is -0.163. The quantitative estimate of drug-likeness (QED) is 0.165. The van der Waals surface area contributed by atoms with Crippen LogP contribution in [0.2, 0.25) is 0 Å². The van der Waals surface area contributed by atoms with Crippen molar-refractivity contribution in [3.63, 3.8) is 0 Å². The van der Waals surface area contributed by atoms with Crippen molar-refractivity contribution < 1.29 is 14.3 Å². The van der Waals surface area contributed by atoms with Crippen molar-refractivity contribution in [2.24, 2.45) is 4.99 Å². The standard InChI is InChI=1S/C29H25ClN2O3S/c1-19(18-30)25(29(34)35-26(21-13-7-3-8-14-21)22-15-9-4-10-16-22)32-27(33)24-28(32)36-23(31-24)17-20-11-5-2-6-12-20/h2-16,24-26,28H,1,17-18H2. The topological polar surface area (TPSA) is 59.0 Å². The van der Waals surface area contributed by atoms with Crippen LogP contribution in [0.25, 0.3) is 0 Å². The molecule has 0 bridgehead atoms. The van der Waals surface area contributed by atoms with Gasteiger partial charge in [-0.2, -0.15) is 0 Å². The maximum absolute atomic E-state index is 13.7. The lowest BCUT2D eigenvalue weighted by atomic mass is 9.98. The molecule has 7 heteroatoms. The van der Waals surface area contributed by atoms with Crippen molar-refractivity contribution in [2.75, 3.05) is 5.88 Å². The highest BCUT2D eigenvalue weighted by molar-refractivity contribution is 8.14. The molecule has 36 heavy (non-hydrogen) atoms. The van der Waals surface area contributed by atoms with Crippen molar-refractivity contribution in [1.29, 1.82) is 0 Å². The molecular weight excluding hydrogens is 492 g/mol. The van der Waals surface area contributed by atoms with E-state index in [0.29, 0.717) is 12.0 Å². The number of esters is 1. The minimum absolute atomic E-state index is 0.0324. The second-order valence-electron chi connectivity index (χ2n) is 8.72. The number of thioether (sulfide) groups is 1. The zero-order chi connectivity index (χ0) is 25.1. The normalized spacial score (nSPS) is 19.3. The molecule has 3 atom stereocenters. The van der Waals surface area contributed by atoms with E-state index < -0.39 is 24.2 Å². The molecule has 2 heterocycles. The average molecular weight is 517 g/mol. The zero-order valence-corrected chi connectivity index (χ0v) is 21.1. The number of benzene rings is 3. The molecular formula is C29H25ClN2O3S. The van der Waals surface area contributed by atoms with Gasteiger partial charge in [0.05, 0.1) is 5.04 Å². The summed E-state index contributed by atoms with van der Waals surface area (Å²) in [6.07, 6.45) is 0.0220. The fourth-order valence-corrected chi connectivity index (χ4v) is 5.98. The van der Waals surface area contributed by atoms with E-state index in [0.717, 1.165) is 21.7 Å². The molecule has 0 spiro atoms. The van der Waals surface area contributed by atoms with E-state index in [2.05, 4.69) is 11.6 Å². The van der Waals surface area contributed by atoms with Gasteiger partial charge in [-0.1, -0.05) is 109 Å². The summed E-state index contributed by atoms with van der Waals surface area (Å²) in [5.74, 6) is -0.730. The molecule has 2 aliphatic rings. The van der Waals surface area contributed by atoms with Gasteiger partial charge in [0, 0.05) is 12.3 Å². The third-order valence-electron chi connectivity index (χ3n) is 6.29. The Morgan fingerprint density at radius 2 is 1.53 bits per heavy atom. The summed E-state index contributed by atoms with van der Waals surface area (Å²) in [6, 6.07) is 27.6. The summed E-state index contributed by atoms with van der Waals surface area (Å²) < 4.78 is 6.08. The van der Waals surface area contributed by atoms with Crippen LogP contribution in [-0.4, -0.2) is 45.2 Å². The van der Waals surface area contributed by atoms with Gasteiger partial charge in [0.1, 0.15) is 5.37 Å². The molecule has 0 aromatic heterocycles. The number of hydrogen-bond acceptors (Lipinski definition) is 5. The van der Waals surface area contributed by atoms with Crippen LogP contribution in [0.5, 0.6) is 0 Å². The van der Waals surface area contributed by atoms with Crippen LogP contribution in [0, 0.1) is 0 Å². The molecule has 1 fully saturated rings. The Bertz CT molecular complexity index is 1240. The number of likely N-dealkylation sites (tertiary alicyclic amines) is 1. The highest BCUT2D eigenvalue weighted by Crippen LogP contribution is 2.43. The number of hydrogen-bond donors (Lipinski definition) is 0. The Balaban J connectivity index is 1.37. The first-order valence-corrected chi connectivity index (χ1v) is 13.1. The predicted octanol–water partition coefficient (Wildman–Crippen LogP) is 5.41. The Labute approximate surface area is 219 Å². The number of ether oxygens (including phenoxy) is 1. The molecule has 5 nitrogen and oxygen atoms in total. The largest absolute Gasteiger partial charge is 0.451 e. The van der Waals surface area contributed by atoms with E-state index >= 15 is 0 Å². The first-order valence-electron chi connectivity index (χ1n) is 11.7. The van der Waals surface area contributed by atoms with Crippen molar-refractivity contribution >= 4 is 40.3 Å². The van der Waals surface area contributed by atoms with Crippen molar-refractivity contribution in [2.45, 2.75) is 30.0 Å². The van der Waals surface area contributed by atoms with Crippen LogP contribution in [-0.2, 0) is 20.7 Å². The summed E-state index contributed by atoms with van der Waals surface area (Å²) >= 11 is 7.65. The van der Waals surface area contributed by atoms with Crippen LogP contribution < -0.4 is 0 Å². The van der Waals surface area contributed by atoms with E-state index in [1.165, 1.54) is 16.7 Å². The summed E-state index contributed by atoms with van der Waals surface area (Å²) in [5.41, 5.74) is 3.22. The van der Waals surface area contributed by atoms with Crippen molar-refractivity contribution in [3.05, 3.63) is 120 Å². The lowest BCUT2D eigenvalue weighted by Gasteiger charge is -2.45. The second-order valence-corrected chi connectivity index (χ2v) is 10.2. The Morgan fingerprint density at radius 3 is 2.08 bits per heavy atom. The summed E-state index contributed by atoms with van der Waals surface area (Å²) in [5, 5.41) is 0.600. The Morgan fingerprint density at radius 1 is 0.972 bits per heavy atom. The molecule has 0 aliphatic carbocycles. The number of carbonyl (C=O) groups excluding carboxylic acids is 2. The molecule has 3 unspecified atom stereocenters. The average Bonchev–Trinajstić information content (AvgIpc) is 3.29. The number of carbonyl (C=O) groups is 2. The Kier molecular flexibility index (Phi) is 7.25. The summed E-state index contributed by atoms with van der Waals surface area (Å²) in [7, 11) is 0. The summed E-state index contributed by atoms with van der Waals surface area (Å²) in [4.78, 5) is 33.0. The van der Waals surface area contributed by atoms with Gasteiger partial charge in [0.2, 0.25) is 0 Å². The van der Waals surface area contributed by atoms with Crippen LogP contribution in [0.4, 0.5) is 0 Å². The smallest absolute Gasteiger partial charge is 0.334 e. The molecule has 2 aliphatic heterocycles.